The van der Waals surface area contributed by atoms with Crippen molar-refractivity contribution in [3.05, 3.63) is 42.2 Å². The Labute approximate surface area is 124 Å². The van der Waals surface area contributed by atoms with Crippen LogP contribution in [0.5, 0.6) is 0 Å². The summed E-state index contributed by atoms with van der Waals surface area (Å²) in [7, 11) is 1.34. The third kappa shape index (κ3) is 4.52. The van der Waals surface area contributed by atoms with Gasteiger partial charge in [0, 0.05) is 36.2 Å². The predicted molar refractivity (Wildman–Crippen MR) is 82.3 cm³/mol. The number of hydrogen-bond donors (Lipinski definition) is 2. The van der Waals surface area contributed by atoms with Crippen LogP contribution in [0.25, 0.3) is 0 Å². The molecule has 0 aliphatic rings. The van der Waals surface area contributed by atoms with Gasteiger partial charge in [-0.25, -0.2) is 4.79 Å². The van der Waals surface area contributed by atoms with E-state index in [1.807, 2.05) is 41.3 Å². The number of nitrogens with zero attached hydrogens (tertiary/aromatic N) is 2. The summed E-state index contributed by atoms with van der Waals surface area (Å²) in [6.07, 6.45) is 4.52. The lowest BCUT2D eigenvalue weighted by atomic mass is 10.2. The van der Waals surface area contributed by atoms with Crippen molar-refractivity contribution in [1.29, 1.82) is 0 Å². The van der Waals surface area contributed by atoms with Crippen LogP contribution in [0.3, 0.4) is 0 Å². The van der Waals surface area contributed by atoms with Crippen LogP contribution >= 0.6 is 0 Å². The van der Waals surface area contributed by atoms with Crippen molar-refractivity contribution in [2.45, 2.75) is 26.4 Å². The number of ether oxygens (including phenoxy) is 1. The molecule has 0 aliphatic carbocycles. The lowest BCUT2D eigenvalue weighted by molar-refractivity contribution is 0.187. The molecule has 0 radical (unpaired) electrons. The number of rotatable bonds is 6. The molecule has 0 aliphatic heterocycles. The first-order valence-electron chi connectivity index (χ1n) is 6.91. The zero-order valence-corrected chi connectivity index (χ0v) is 12.3. The van der Waals surface area contributed by atoms with Gasteiger partial charge in [-0.3, -0.25) is 10.00 Å². The molecule has 2 N–H and O–H groups in total. The summed E-state index contributed by atoms with van der Waals surface area (Å²) >= 11 is 0. The highest BCUT2D eigenvalue weighted by Gasteiger charge is 2.01. The number of hydrogen-bond acceptors (Lipinski definition) is 4. The molecule has 1 heterocycles. The zero-order chi connectivity index (χ0) is 15.1. The first-order valence-corrected chi connectivity index (χ1v) is 6.91. The summed E-state index contributed by atoms with van der Waals surface area (Å²) in [4.78, 5) is 11.1. The highest BCUT2D eigenvalue weighted by molar-refractivity contribution is 5.84. The summed E-state index contributed by atoms with van der Waals surface area (Å²) in [6.45, 7) is 3.78. The Morgan fingerprint density at radius 1 is 1.29 bits per heavy atom. The third-order valence-electron chi connectivity index (χ3n) is 2.95. The van der Waals surface area contributed by atoms with E-state index in [9.17, 15) is 4.79 Å². The SMILES string of the molecule is CCCn1cc(CNc2ccc(NC(=O)OC)cc2)cn1. The summed E-state index contributed by atoms with van der Waals surface area (Å²) < 4.78 is 6.48. The molecule has 0 fully saturated rings. The Morgan fingerprint density at radius 3 is 2.67 bits per heavy atom. The van der Waals surface area contributed by atoms with E-state index in [1.165, 1.54) is 7.11 Å². The molecule has 6 heteroatoms. The summed E-state index contributed by atoms with van der Waals surface area (Å²) in [5.41, 5.74) is 2.82. The maximum absolute atomic E-state index is 11.1. The molecule has 2 aromatic rings. The molecular weight excluding hydrogens is 268 g/mol. The second-order valence-electron chi connectivity index (χ2n) is 4.66. The van der Waals surface area contributed by atoms with Gasteiger partial charge in [0.2, 0.25) is 0 Å². The Hall–Kier alpha value is -2.50. The summed E-state index contributed by atoms with van der Waals surface area (Å²) in [5, 5.41) is 10.2. The van der Waals surface area contributed by atoms with Crippen LogP contribution in [-0.2, 0) is 17.8 Å². The second kappa shape index (κ2) is 7.33. The van der Waals surface area contributed by atoms with Crippen molar-refractivity contribution < 1.29 is 9.53 Å². The quantitative estimate of drug-likeness (QED) is 0.857. The average Bonchev–Trinajstić information content (AvgIpc) is 2.94. The van der Waals surface area contributed by atoms with E-state index in [0.29, 0.717) is 12.2 Å². The van der Waals surface area contributed by atoms with Crippen molar-refractivity contribution in [1.82, 2.24) is 9.78 Å². The molecule has 1 aromatic carbocycles. The van der Waals surface area contributed by atoms with E-state index in [0.717, 1.165) is 24.2 Å². The fourth-order valence-corrected chi connectivity index (χ4v) is 1.89. The van der Waals surface area contributed by atoms with Gasteiger partial charge in [-0.05, 0) is 30.7 Å². The van der Waals surface area contributed by atoms with E-state index < -0.39 is 6.09 Å². The Kier molecular flexibility index (Phi) is 5.20. The van der Waals surface area contributed by atoms with Crippen LogP contribution in [-0.4, -0.2) is 23.0 Å². The molecule has 0 unspecified atom stereocenters. The normalized spacial score (nSPS) is 10.2. The largest absolute Gasteiger partial charge is 0.453 e. The molecule has 1 aromatic heterocycles. The van der Waals surface area contributed by atoms with Crippen LogP contribution in [0.2, 0.25) is 0 Å². The predicted octanol–water partition coefficient (Wildman–Crippen LogP) is 3.08. The van der Waals surface area contributed by atoms with Crippen molar-refractivity contribution in [2.24, 2.45) is 0 Å². The van der Waals surface area contributed by atoms with Gasteiger partial charge >= 0.3 is 6.09 Å². The second-order valence-corrected chi connectivity index (χ2v) is 4.66. The van der Waals surface area contributed by atoms with Crippen LogP contribution in [0.15, 0.2) is 36.7 Å². The summed E-state index contributed by atoms with van der Waals surface area (Å²) in [6, 6.07) is 7.45. The van der Waals surface area contributed by atoms with Gasteiger partial charge in [-0.15, -0.1) is 0 Å². The van der Waals surface area contributed by atoms with Gasteiger partial charge in [0.05, 0.1) is 13.3 Å². The Balaban J connectivity index is 1.86. The maximum Gasteiger partial charge on any atom is 0.411 e. The van der Waals surface area contributed by atoms with Gasteiger partial charge in [0.15, 0.2) is 0 Å². The highest BCUT2D eigenvalue weighted by atomic mass is 16.5. The van der Waals surface area contributed by atoms with Crippen LogP contribution in [0.1, 0.15) is 18.9 Å². The molecule has 0 atom stereocenters. The lowest BCUT2D eigenvalue weighted by Gasteiger charge is -2.07. The first-order chi connectivity index (χ1) is 10.2. The number of nitrogens with one attached hydrogen (secondary N) is 2. The number of methoxy groups -OCH3 is 1. The number of benzene rings is 1. The molecule has 6 nitrogen and oxygen atoms in total. The van der Waals surface area contributed by atoms with Crippen molar-refractivity contribution >= 4 is 17.5 Å². The van der Waals surface area contributed by atoms with Gasteiger partial charge in [-0.1, -0.05) is 6.92 Å². The summed E-state index contributed by atoms with van der Waals surface area (Å²) in [5.74, 6) is 0. The Bertz CT molecular complexity index is 578. The van der Waals surface area contributed by atoms with E-state index in [-0.39, 0.29) is 0 Å². The molecule has 0 spiro atoms. The van der Waals surface area contributed by atoms with Crippen molar-refractivity contribution in [3.8, 4) is 0 Å². The number of amides is 1. The molecule has 21 heavy (non-hydrogen) atoms. The zero-order valence-electron chi connectivity index (χ0n) is 12.3. The molecule has 0 saturated carbocycles. The fraction of sp³-hybridized carbons (Fsp3) is 0.333. The third-order valence-corrected chi connectivity index (χ3v) is 2.95. The minimum atomic E-state index is -0.473. The van der Waals surface area contributed by atoms with Crippen LogP contribution < -0.4 is 10.6 Å². The van der Waals surface area contributed by atoms with Crippen molar-refractivity contribution in [2.75, 3.05) is 17.7 Å². The minimum Gasteiger partial charge on any atom is -0.453 e. The standard InChI is InChI=1S/C15H20N4O2/c1-3-8-19-11-12(10-17-19)9-16-13-4-6-14(7-5-13)18-15(20)21-2/h4-7,10-11,16H,3,8-9H2,1-2H3,(H,18,20). The smallest absolute Gasteiger partial charge is 0.411 e. The number of carbonyl (C=O) groups is 1. The lowest BCUT2D eigenvalue weighted by Crippen LogP contribution is -2.10. The number of aromatic nitrogens is 2. The maximum atomic E-state index is 11.1. The number of aryl methyl sites for hydroxylation is 1. The topological polar surface area (TPSA) is 68.2 Å². The average molecular weight is 288 g/mol. The highest BCUT2D eigenvalue weighted by Crippen LogP contribution is 2.14. The molecule has 0 saturated heterocycles. The Morgan fingerprint density at radius 2 is 2.00 bits per heavy atom. The van der Waals surface area contributed by atoms with Crippen molar-refractivity contribution in [3.63, 3.8) is 0 Å². The first kappa shape index (κ1) is 14.9. The molecule has 1 amide bonds. The van der Waals surface area contributed by atoms with Crippen LogP contribution in [0, 0.1) is 0 Å². The van der Waals surface area contributed by atoms with E-state index in [2.05, 4.69) is 27.4 Å². The van der Waals surface area contributed by atoms with Gasteiger partial charge in [0.1, 0.15) is 0 Å². The molecular formula is C15H20N4O2. The van der Waals surface area contributed by atoms with Gasteiger partial charge in [-0.2, -0.15) is 5.10 Å². The number of carbonyl (C=O) groups excluding carboxylic acids is 1. The monoisotopic (exact) mass is 288 g/mol. The number of anilines is 2. The van der Waals surface area contributed by atoms with Crippen LogP contribution in [0.4, 0.5) is 16.2 Å². The van der Waals surface area contributed by atoms with E-state index >= 15 is 0 Å². The van der Waals surface area contributed by atoms with E-state index in [4.69, 9.17) is 0 Å². The van der Waals surface area contributed by atoms with Gasteiger partial charge in [0.25, 0.3) is 0 Å². The minimum absolute atomic E-state index is 0.473. The molecule has 0 bridgehead atoms. The van der Waals surface area contributed by atoms with Gasteiger partial charge < -0.3 is 10.1 Å². The molecule has 112 valence electrons. The fourth-order valence-electron chi connectivity index (χ4n) is 1.89. The molecule has 2 rings (SSSR count). The van der Waals surface area contributed by atoms with E-state index in [1.54, 1.807) is 0 Å².